The van der Waals surface area contributed by atoms with Gasteiger partial charge in [0.15, 0.2) is 0 Å². The number of sulfonamides is 1. The lowest BCUT2D eigenvalue weighted by Crippen LogP contribution is -2.59. The molecule has 3 N–H and O–H groups in total. The monoisotopic (exact) mass is 749 g/mol. The highest BCUT2D eigenvalue weighted by molar-refractivity contribution is 7.91. The Morgan fingerprint density at radius 2 is 1.77 bits per heavy atom. The highest BCUT2D eigenvalue weighted by Gasteiger charge is 2.62. The zero-order chi connectivity index (χ0) is 37.3. The first kappa shape index (κ1) is 37.1. The van der Waals surface area contributed by atoms with Crippen LogP contribution in [0.3, 0.4) is 0 Å². The lowest BCUT2D eigenvalue weighted by Gasteiger charge is -2.35. The lowest BCUT2D eigenvalue weighted by molar-refractivity contribution is -0.143. The van der Waals surface area contributed by atoms with Gasteiger partial charge >= 0.3 is 6.09 Å². The van der Waals surface area contributed by atoms with E-state index in [0.29, 0.717) is 32.4 Å². The van der Waals surface area contributed by atoms with Gasteiger partial charge in [0.2, 0.25) is 27.7 Å². The van der Waals surface area contributed by atoms with E-state index in [1.54, 1.807) is 4.90 Å². The molecule has 1 aromatic rings. The molecule has 3 saturated carbocycles. The Hall–Kier alpha value is -4.20. The van der Waals surface area contributed by atoms with Gasteiger partial charge in [0.25, 0.3) is 5.91 Å². The molecule has 0 unspecified atom stereocenters. The topological polar surface area (TPSA) is 171 Å². The molecule has 4 bridgehead atoms. The van der Waals surface area contributed by atoms with Crippen LogP contribution >= 0.6 is 0 Å². The molecule has 13 nitrogen and oxygen atoms in total. The third-order valence-electron chi connectivity index (χ3n) is 11.9. The minimum atomic E-state index is -3.89. The molecule has 0 aromatic heterocycles. The third-order valence-corrected chi connectivity index (χ3v) is 13.7. The van der Waals surface area contributed by atoms with E-state index in [2.05, 4.69) is 34.1 Å². The van der Waals surface area contributed by atoms with Gasteiger partial charge in [0.1, 0.15) is 23.7 Å². The van der Waals surface area contributed by atoms with Crippen molar-refractivity contribution in [2.24, 2.45) is 11.8 Å². The van der Waals surface area contributed by atoms with Crippen molar-refractivity contribution in [2.75, 3.05) is 6.54 Å². The van der Waals surface area contributed by atoms with Crippen molar-refractivity contribution in [3.63, 3.8) is 0 Å². The third kappa shape index (κ3) is 8.02. The Bertz CT molecular complexity index is 1790. The normalized spacial score (nSPS) is 30.5. The summed E-state index contributed by atoms with van der Waals surface area (Å²) < 4.78 is 33.6. The SMILES string of the molecule is C=C[C@@H]1C[C@@]1(NC(=O)[C@@H]1C[C@@H]2CN1C(=O)[C@H](C1CCCCC1)NC(=O)CCCCC/C=C\c1cccc3c1CN(C3)C(=O)O2)C(=O)NS(=O)(=O)C1CC1. The summed E-state index contributed by atoms with van der Waals surface area (Å²) in [6.45, 7) is 4.45. The van der Waals surface area contributed by atoms with Crippen LogP contribution in [0.1, 0.15) is 107 Å². The summed E-state index contributed by atoms with van der Waals surface area (Å²) in [7, 11) is -3.89. The molecule has 5 amide bonds. The maximum absolute atomic E-state index is 14.7. The van der Waals surface area contributed by atoms with Crippen LogP contribution in [0.15, 0.2) is 36.9 Å². The summed E-state index contributed by atoms with van der Waals surface area (Å²) in [6.07, 6.45) is 13.3. The fourth-order valence-electron chi connectivity index (χ4n) is 8.55. The van der Waals surface area contributed by atoms with Crippen LogP contribution in [-0.2, 0) is 47.0 Å². The number of rotatable bonds is 7. The van der Waals surface area contributed by atoms with Crippen molar-refractivity contribution in [3.05, 3.63) is 53.6 Å². The van der Waals surface area contributed by atoms with E-state index in [9.17, 15) is 32.4 Å². The zero-order valence-corrected chi connectivity index (χ0v) is 31.0. The van der Waals surface area contributed by atoms with Crippen molar-refractivity contribution in [2.45, 2.75) is 132 Å². The van der Waals surface area contributed by atoms with E-state index < -0.39 is 68.7 Å². The summed E-state index contributed by atoms with van der Waals surface area (Å²) in [6, 6.07) is 3.99. The molecule has 4 fully saturated rings. The predicted molar refractivity (Wildman–Crippen MR) is 196 cm³/mol. The van der Waals surface area contributed by atoms with E-state index in [1.165, 1.54) is 11.0 Å². The summed E-state index contributed by atoms with van der Waals surface area (Å²) in [5.41, 5.74) is 1.58. The van der Waals surface area contributed by atoms with Crippen LogP contribution in [0.5, 0.6) is 0 Å². The molecular formula is C39H51N5O8S. The fourth-order valence-corrected chi connectivity index (χ4v) is 9.92. The Morgan fingerprint density at radius 3 is 2.51 bits per heavy atom. The zero-order valence-electron chi connectivity index (χ0n) is 30.2. The van der Waals surface area contributed by atoms with Gasteiger partial charge in [0.05, 0.1) is 18.3 Å². The number of carbonyl (C=O) groups is 5. The number of benzene rings is 1. The van der Waals surface area contributed by atoms with Gasteiger partial charge in [-0.3, -0.25) is 28.8 Å². The molecule has 6 aliphatic rings. The predicted octanol–water partition coefficient (Wildman–Crippen LogP) is 3.82. The van der Waals surface area contributed by atoms with Crippen LogP contribution < -0.4 is 15.4 Å². The number of fused-ring (bicyclic) bond motifs is 3. The second-order valence-corrected chi connectivity index (χ2v) is 17.7. The van der Waals surface area contributed by atoms with Gasteiger partial charge < -0.3 is 20.3 Å². The quantitative estimate of drug-likeness (QED) is 0.354. The lowest BCUT2D eigenvalue weighted by atomic mass is 9.83. The van der Waals surface area contributed by atoms with Crippen LogP contribution in [0.4, 0.5) is 4.79 Å². The number of hydrogen-bond acceptors (Lipinski definition) is 8. The average Bonchev–Trinajstić information content (AvgIpc) is 4.04. The smallest absolute Gasteiger partial charge is 0.410 e. The van der Waals surface area contributed by atoms with E-state index in [-0.39, 0.29) is 37.6 Å². The molecule has 1 saturated heterocycles. The van der Waals surface area contributed by atoms with E-state index in [1.807, 2.05) is 18.2 Å². The van der Waals surface area contributed by atoms with Gasteiger partial charge in [-0.1, -0.05) is 62.1 Å². The molecule has 1 aromatic carbocycles. The number of nitrogens with zero attached hydrogens (tertiary/aromatic N) is 2. The molecule has 3 aliphatic carbocycles. The van der Waals surface area contributed by atoms with Gasteiger partial charge in [-0.2, -0.15) is 0 Å². The summed E-state index contributed by atoms with van der Waals surface area (Å²) in [5.74, 6) is -2.76. The molecule has 7 rings (SSSR count). The molecule has 0 radical (unpaired) electrons. The Morgan fingerprint density at radius 1 is 1.00 bits per heavy atom. The molecule has 286 valence electrons. The summed E-state index contributed by atoms with van der Waals surface area (Å²) >= 11 is 0. The van der Waals surface area contributed by atoms with E-state index in [0.717, 1.165) is 68.1 Å². The largest absolute Gasteiger partial charge is 0.444 e. The number of amides is 5. The first-order chi connectivity index (χ1) is 25.5. The number of allylic oxidation sites excluding steroid dienone is 1. The summed E-state index contributed by atoms with van der Waals surface area (Å²) in [4.78, 5) is 72.5. The number of nitrogens with one attached hydrogen (secondary N) is 3. The minimum absolute atomic E-state index is 0.0275. The Labute approximate surface area is 311 Å². The van der Waals surface area contributed by atoms with Crippen LogP contribution in [0.2, 0.25) is 0 Å². The van der Waals surface area contributed by atoms with Crippen LogP contribution in [0, 0.1) is 11.8 Å². The van der Waals surface area contributed by atoms with Crippen molar-refractivity contribution in [1.29, 1.82) is 0 Å². The fraction of sp³-hybridized carbons (Fsp3) is 0.615. The van der Waals surface area contributed by atoms with Crippen molar-refractivity contribution < 1.29 is 37.1 Å². The maximum atomic E-state index is 14.7. The van der Waals surface area contributed by atoms with Crippen LogP contribution in [0.25, 0.3) is 6.08 Å². The van der Waals surface area contributed by atoms with Gasteiger partial charge in [-0.05, 0) is 74.0 Å². The Kier molecular flexibility index (Phi) is 10.7. The molecule has 3 heterocycles. The van der Waals surface area contributed by atoms with Crippen molar-refractivity contribution in [1.82, 2.24) is 25.2 Å². The highest BCUT2D eigenvalue weighted by atomic mass is 32.2. The first-order valence-electron chi connectivity index (χ1n) is 19.3. The Balaban J connectivity index is 1.16. The standard InChI is InChI=1S/C39H51N5O8S/c1-2-28-21-39(28,37(48)42-53(50,51)30-18-19-30)41-35(46)32-20-29-23-44(32)36(47)34(26-13-8-6-9-14-26)40-33(45)17-10-5-3-4-7-12-25-15-11-16-27-22-43(24-31(25)27)38(49)52-29/h2,7,11-12,15-16,26,28-30,32,34H,1,3-6,8-10,13-14,17-24H2,(H,40,45)(H,41,46)(H,42,48)/b12-7-/t28-,29-,32+,34+,39+/m1/s1. The van der Waals surface area contributed by atoms with Crippen LogP contribution in [-0.4, -0.2) is 83.5 Å². The molecule has 5 atom stereocenters. The van der Waals surface area contributed by atoms with E-state index in [4.69, 9.17) is 4.74 Å². The second-order valence-electron chi connectivity index (χ2n) is 15.7. The molecular weight excluding hydrogens is 699 g/mol. The first-order valence-corrected chi connectivity index (χ1v) is 20.9. The molecule has 14 heteroatoms. The van der Waals surface area contributed by atoms with Gasteiger partial charge in [-0.25, -0.2) is 13.2 Å². The minimum Gasteiger partial charge on any atom is -0.444 e. The van der Waals surface area contributed by atoms with Crippen molar-refractivity contribution in [3.8, 4) is 0 Å². The van der Waals surface area contributed by atoms with Gasteiger partial charge in [-0.15, -0.1) is 6.58 Å². The molecule has 53 heavy (non-hydrogen) atoms. The number of ether oxygens (including phenoxy) is 1. The average molecular weight is 750 g/mol. The van der Waals surface area contributed by atoms with E-state index >= 15 is 0 Å². The number of carbonyl (C=O) groups excluding carboxylic acids is 5. The molecule has 3 aliphatic heterocycles. The van der Waals surface area contributed by atoms with Crippen molar-refractivity contribution >= 4 is 45.8 Å². The maximum Gasteiger partial charge on any atom is 0.410 e. The van der Waals surface area contributed by atoms with Gasteiger partial charge in [0, 0.05) is 25.3 Å². The molecule has 0 spiro atoms. The summed E-state index contributed by atoms with van der Waals surface area (Å²) in [5, 5.41) is 5.21. The second kappa shape index (κ2) is 15.3. The number of hydrogen-bond donors (Lipinski definition) is 3. The highest BCUT2D eigenvalue weighted by Crippen LogP contribution is 2.45.